The number of alkyl halides is 1. The fourth-order valence-corrected chi connectivity index (χ4v) is 2.39. The summed E-state index contributed by atoms with van der Waals surface area (Å²) in [5, 5.41) is 0. The number of benzene rings is 2. The zero-order chi connectivity index (χ0) is 13.8. The van der Waals surface area contributed by atoms with E-state index in [0.29, 0.717) is 12.5 Å². The fourth-order valence-electron chi connectivity index (χ4n) is 2.18. The average Bonchev–Trinajstić information content (AvgIpc) is 2.39. The Bertz CT molecular complexity index is 555. The van der Waals surface area contributed by atoms with Gasteiger partial charge in [0, 0.05) is 5.56 Å². The topological polar surface area (TPSA) is 9.23 Å². The summed E-state index contributed by atoms with van der Waals surface area (Å²) < 4.78 is 5.95. The van der Waals surface area contributed by atoms with E-state index in [4.69, 9.17) is 16.3 Å². The molecule has 0 aliphatic heterocycles. The first kappa shape index (κ1) is 14.0. The first-order valence-corrected chi connectivity index (χ1v) is 6.98. The first-order chi connectivity index (χ1) is 9.11. The summed E-state index contributed by atoms with van der Waals surface area (Å²) in [6.45, 7) is 6.88. The lowest BCUT2D eigenvalue weighted by atomic mass is 10.0. The minimum atomic E-state index is 0.476. The highest BCUT2D eigenvalue weighted by molar-refractivity contribution is 6.17. The minimum absolute atomic E-state index is 0.476. The van der Waals surface area contributed by atoms with Crippen LogP contribution in [0.2, 0.25) is 0 Å². The quantitative estimate of drug-likeness (QED) is 0.719. The molecular formula is C17H19ClO. The van der Waals surface area contributed by atoms with Crippen molar-refractivity contribution in [1.82, 2.24) is 0 Å². The fraction of sp³-hybridized carbons (Fsp3) is 0.294. The van der Waals surface area contributed by atoms with E-state index in [-0.39, 0.29) is 0 Å². The molecule has 0 aliphatic rings. The van der Waals surface area contributed by atoms with Crippen LogP contribution in [0.25, 0.3) is 0 Å². The smallest absolute Gasteiger partial charge is 0.124 e. The van der Waals surface area contributed by atoms with Gasteiger partial charge in [-0.2, -0.15) is 0 Å². The third-order valence-electron chi connectivity index (χ3n) is 3.38. The summed E-state index contributed by atoms with van der Waals surface area (Å²) in [6.07, 6.45) is 0. The Labute approximate surface area is 120 Å². The van der Waals surface area contributed by atoms with Crippen LogP contribution in [0.4, 0.5) is 0 Å². The van der Waals surface area contributed by atoms with Crippen LogP contribution in [0.3, 0.4) is 0 Å². The van der Waals surface area contributed by atoms with Gasteiger partial charge in [-0.25, -0.2) is 0 Å². The maximum atomic E-state index is 5.97. The van der Waals surface area contributed by atoms with Crippen LogP contribution in [0, 0.1) is 20.8 Å². The highest BCUT2D eigenvalue weighted by Gasteiger charge is 2.06. The van der Waals surface area contributed by atoms with Gasteiger partial charge < -0.3 is 4.74 Å². The van der Waals surface area contributed by atoms with Gasteiger partial charge in [0.05, 0.1) is 5.88 Å². The summed E-state index contributed by atoms with van der Waals surface area (Å²) in [6, 6.07) is 12.4. The molecule has 0 radical (unpaired) electrons. The molecule has 0 atom stereocenters. The SMILES string of the molecule is Cc1ccc(OCc2c(C)cccc2C)c(CCl)c1. The summed E-state index contributed by atoms with van der Waals surface area (Å²) in [5.74, 6) is 1.35. The molecule has 0 saturated heterocycles. The van der Waals surface area contributed by atoms with Crippen LogP contribution in [0.15, 0.2) is 36.4 Å². The molecule has 2 rings (SSSR count). The number of hydrogen-bond acceptors (Lipinski definition) is 1. The minimum Gasteiger partial charge on any atom is -0.489 e. The molecule has 2 aromatic rings. The zero-order valence-electron chi connectivity index (χ0n) is 11.7. The van der Waals surface area contributed by atoms with E-state index in [0.717, 1.165) is 11.3 Å². The van der Waals surface area contributed by atoms with E-state index < -0.39 is 0 Å². The highest BCUT2D eigenvalue weighted by Crippen LogP contribution is 2.24. The summed E-state index contributed by atoms with van der Waals surface area (Å²) in [5.41, 5.74) is 6.03. The van der Waals surface area contributed by atoms with E-state index in [2.05, 4.69) is 51.1 Å². The lowest BCUT2D eigenvalue weighted by molar-refractivity contribution is 0.302. The van der Waals surface area contributed by atoms with Crippen molar-refractivity contribution in [3.8, 4) is 5.75 Å². The normalized spacial score (nSPS) is 10.5. The molecule has 0 spiro atoms. The Morgan fingerprint density at radius 2 is 1.68 bits per heavy atom. The molecule has 2 heteroatoms. The van der Waals surface area contributed by atoms with Crippen molar-refractivity contribution in [2.45, 2.75) is 33.3 Å². The largest absolute Gasteiger partial charge is 0.489 e. The molecular weight excluding hydrogens is 256 g/mol. The van der Waals surface area contributed by atoms with Crippen molar-refractivity contribution in [3.63, 3.8) is 0 Å². The van der Waals surface area contributed by atoms with Crippen molar-refractivity contribution in [2.24, 2.45) is 0 Å². The van der Waals surface area contributed by atoms with Crippen molar-refractivity contribution >= 4 is 11.6 Å². The standard InChI is InChI=1S/C17H19ClO/c1-12-7-8-17(15(9-12)10-18)19-11-16-13(2)5-4-6-14(16)3/h4-9H,10-11H2,1-3H3. The molecule has 2 aromatic carbocycles. The molecule has 0 N–H and O–H groups in total. The van der Waals surface area contributed by atoms with Gasteiger partial charge in [0.25, 0.3) is 0 Å². The monoisotopic (exact) mass is 274 g/mol. The van der Waals surface area contributed by atoms with Crippen molar-refractivity contribution < 1.29 is 4.74 Å². The third-order valence-corrected chi connectivity index (χ3v) is 3.66. The maximum Gasteiger partial charge on any atom is 0.124 e. The second-order valence-corrected chi connectivity index (χ2v) is 5.17. The van der Waals surface area contributed by atoms with Crippen LogP contribution in [0.5, 0.6) is 5.75 Å². The zero-order valence-corrected chi connectivity index (χ0v) is 12.4. The Kier molecular flexibility index (Phi) is 4.49. The van der Waals surface area contributed by atoms with E-state index in [1.165, 1.54) is 22.3 Å². The Balaban J connectivity index is 2.19. The number of ether oxygens (including phenoxy) is 1. The van der Waals surface area contributed by atoms with Gasteiger partial charge in [0.1, 0.15) is 12.4 Å². The van der Waals surface area contributed by atoms with Gasteiger partial charge in [0.2, 0.25) is 0 Å². The molecule has 0 amide bonds. The molecule has 0 saturated carbocycles. The summed E-state index contributed by atoms with van der Waals surface area (Å²) >= 11 is 5.97. The Morgan fingerprint density at radius 1 is 1.00 bits per heavy atom. The van der Waals surface area contributed by atoms with E-state index >= 15 is 0 Å². The van der Waals surface area contributed by atoms with E-state index in [1.54, 1.807) is 0 Å². The first-order valence-electron chi connectivity index (χ1n) is 6.45. The molecule has 0 unspecified atom stereocenters. The molecule has 1 nitrogen and oxygen atoms in total. The number of halogens is 1. The number of hydrogen-bond donors (Lipinski definition) is 0. The summed E-state index contributed by atoms with van der Waals surface area (Å²) in [7, 11) is 0. The van der Waals surface area contributed by atoms with Crippen molar-refractivity contribution in [3.05, 3.63) is 64.2 Å². The Hall–Kier alpha value is -1.47. The van der Waals surface area contributed by atoms with Crippen molar-refractivity contribution in [1.29, 1.82) is 0 Å². The average molecular weight is 275 g/mol. The van der Waals surface area contributed by atoms with Crippen molar-refractivity contribution in [2.75, 3.05) is 0 Å². The number of rotatable bonds is 4. The number of aryl methyl sites for hydroxylation is 3. The molecule has 0 bridgehead atoms. The van der Waals surface area contributed by atoms with E-state index in [1.807, 2.05) is 6.07 Å². The summed E-state index contributed by atoms with van der Waals surface area (Å²) in [4.78, 5) is 0. The lowest BCUT2D eigenvalue weighted by Gasteiger charge is -2.14. The molecule has 0 fully saturated rings. The molecule has 100 valence electrons. The third kappa shape index (κ3) is 3.30. The van der Waals surface area contributed by atoms with Gasteiger partial charge in [-0.3, -0.25) is 0 Å². The van der Waals surface area contributed by atoms with Gasteiger partial charge in [-0.05, 0) is 43.5 Å². The van der Waals surface area contributed by atoms with Crippen LogP contribution >= 0.6 is 11.6 Å². The molecule has 0 heterocycles. The van der Waals surface area contributed by atoms with Gasteiger partial charge in [-0.1, -0.05) is 35.9 Å². The molecule has 0 aliphatic carbocycles. The second kappa shape index (κ2) is 6.12. The highest BCUT2D eigenvalue weighted by atomic mass is 35.5. The molecule has 19 heavy (non-hydrogen) atoms. The van der Waals surface area contributed by atoms with Gasteiger partial charge >= 0.3 is 0 Å². The predicted molar refractivity (Wildman–Crippen MR) is 81.0 cm³/mol. The maximum absolute atomic E-state index is 5.97. The predicted octanol–water partition coefficient (Wildman–Crippen LogP) is 4.93. The van der Waals surface area contributed by atoms with Crippen LogP contribution in [-0.4, -0.2) is 0 Å². The second-order valence-electron chi connectivity index (χ2n) is 4.90. The van der Waals surface area contributed by atoms with Gasteiger partial charge in [0.15, 0.2) is 0 Å². The van der Waals surface area contributed by atoms with Gasteiger partial charge in [-0.15, -0.1) is 11.6 Å². The lowest BCUT2D eigenvalue weighted by Crippen LogP contribution is -2.02. The Morgan fingerprint density at radius 3 is 2.32 bits per heavy atom. The van der Waals surface area contributed by atoms with Crippen LogP contribution < -0.4 is 4.74 Å². The van der Waals surface area contributed by atoms with E-state index in [9.17, 15) is 0 Å². The van der Waals surface area contributed by atoms with Crippen LogP contribution in [-0.2, 0) is 12.5 Å². The van der Waals surface area contributed by atoms with Crippen LogP contribution in [0.1, 0.15) is 27.8 Å². The molecule has 0 aromatic heterocycles.